The minimum absolute atomic E-state index is 1.000. The average Bonchev–Trinajstić information content (AvgIpc) is 2.19. The number of rotatable bonds is 0. The third kappa shape index (κ3) is 27.6. The van der Waals surface area contributed by atoms with Crippen LogP contribution in [0.5, 0.6) is 0 Å². The second kappa shape index (κ2) is 3.56. The lowest BCUT2D eigenvalue weighted by Crippen LogP contribution is -0.661. The molecule has 1 rings (SSSR count). The van der Waals surface area contributed by atoms with Crippen LogP contribution < -0.4 is 0 Å². The van der Waals surface area contributed by atoms with Crippen LogP contribution in [0.1, 0.15) is 0 Å². The fourth-order valence-electron chi connectivity index (χ4n) is 0. The van der Waals surface area contributed by atoms with Crippen molar-refractivity contribution in [3.8, 4) is 0 Å². The van der Waals surface area contributed by atoms with Gasteiger partial charge in [-0.2, -0.15) is 8.02 Å². The Morgan fingerprint density at radius 2 is 1.40 bits per heavy atom. The van der Waals surface area contributed by atoms with Crippen molar-refractivity contribution in [2.24, 2.45) is 0 Å². The zero-order valence-electron chi connectivity index (χ0n) is 2.64. The Labute approximate surface area is 34.1 Å². The van der Waals surface area contributed by atoms with E-state index < -0.39 is 0 Å². The summed E-state index contributed by atoms with van der Waals surface area (Å²) in [5.41, 5.74) is 0. The first-order chi connectivity index (χ1) is 2.50. The van der Waals surface area contributed by atoms with Crippen LogP contribution in [0.25, 0.3) is 0 Å². The molecule has 0 aliphatic heterocycles. The minimum atomic E-state index is 1.000. The van der Waals surface area contributed by atoms with Gasteiger partial charge in [0.25, 0.3) is 0 Å². The molecule has 1 aromatic heterocycles. The molecule has 0 aliphatic rings. The maximum absolute atomic E-state index is 3.92. The standard InChI is InChI=1S/C2H4.O2S/c1-2;1-2-3-1/h1-2H2;. The maximum atomic E-state index is 3.92. The van der Waals surface area contributed by atoms with Crippen molar-refractivity contribution < 1.29 is 8.02 Å². The van der Waals surface area contributed by atoms with Gasteiger partial charge in [0.05, 0.1) is 0 Å². The molecule has 0 saturated carbocycles. The predicted octanol–water partition coefficient (Wildman–Crippen LogP) is 1.74. The Kier molecular flexibility index (Phi) is 3.25. The third-order valence-corrected chi connectivity index (χ3v) is 0.204. The van der Waals surface area contributed by atoms with Gasteiger partial charge in [-0.3, -0.25) is 0 Å². The van der Waals surface area contributed by atoms with Crippen LogP contribution in [0, 0.1) is 0 Å². The molecule has 0 bridgehead atoms. The molecule has 0 spiro atoms. The first-order valence-electron chi connectivity index (χ1n) is 1.00. The zero-order chi connectivity index (χ0) is 4.12. The molecule has 0 fully saturated rings. The summed E-state index contributed by atoms with van der Waals surface area (Å²) in [7, 11) is 0. The highest BCUT2D eigenvalue weighted by atomic mass is 32.2. The van der Waals surface area contributed by atoms with Crippen LogP contribution in [-0.4, -0.2) is 0 Å². The van der Waals surface area contributed by atoms with E-state index in [1.807, 2.05) is 0 Å². The number of hydrogen-bond acceptors (Lipinski definition) is 3. The van der Waals surface area contributed by atoms with Gasteiger partial charge in [0.15, 0.2) is 0 Å². The lowest BCUT2D eigenvalue weighted by Gasteiger charge is -0.984. The normalized spacial score (nSPS) is 5.60. The Bertz CT molecular complexity index is 44.7. The van der Waals surface area contributed by atoms with E-state index in [1.54, 1.807) is 0 Å². The maximum Gasteiger partial charge on any atom is 0.335 e. The minimum Gasteiger partial charge on any atom is -0.168 e. The SMILES string of the molecule is C=C.o1os1. The van der Waals surface area contributed by atoms with Crippen LogP contribution in [0.2, 0.25) is 0 Å². The highest BCUT2D eigenvalue weighted by Gasteiger charge is 1.66. The predicted molar refractivity (Wildman–Crippen MR) is 20.1 cm³/mol. The molecular formula is C2H4O2S. The average molecular weight is 92.1 g/mol. The summed E-state index contributed by atoms with van der Waals surface area (Å²) in [6.45, 7) is 6.00. The highest BCUT2D eigenvalue weighted by molar-refractivity contribution is 6.95. The van der Waals surface area contributed by atoms with E-state index in [0.717, 1.165) is 11.9 Å². The Morgan fingerprint density at radius 3 is 1.40 bits per heavy atom. The molecule has 2 nitrogen and oxygen atoms in total. The summed E-state index contributed by atoms with van der Waals surface area (Å²) < 4.78 is 7.83. The first kappa shape index (κ1) is 4.56. The summed E-state index contributed by atoms with van der Waals surface area (Å²) >= 11 is 1.000. The molecule has 0 unspecified atom stereocenters. The lowest BCUT2D eigenvalue weighted by atomic mass is 11.3. The van der Waals surface area contributed by atoms with Crippen LogP contribution in [0.15, 0.2) is 21.2 Å². The van der Waals surface area contributed by atoms with E-state index in [9.17, 15) is 0 Å². The summed E-state index contributed by atoms with van der Waals surface area (Å²) in [5.74, 6) is 0. The van der Waals surface area contributed by atoms with Gasteiger partial charge in [0.1, 0.15) is 0 Å². The van der Waals surface area contributed by atoms with Crippen LogP contribution >= 0.6 is 11.9 Å². The van der Waals surface area contributed by atoms with E-state index >= 15 is 0 Å². The van der Waals surface area contributed by atoms with Gasteiger partial charge in [-0.25, -0.2) is 0 Å². The van der Waals surface area contributed by atoms with E-state index in [-0.39, 0.29) is 0 Å². The lowest BCUT2D eigenvalue weighted by molar-refractivity contribution is 0.264. The Hall–Kier alpha value is -0.440. The highest BCUT2D eigenvalue weighted by Crippen LogP contribution is 1.97. The fraction of sp³-hybridized carbons (Fsp3) is 0. The summed E-state index contributed by atoms with van der Waals surface area (Å²) in [5, 5.41) is 0. The first-order valence-corrected chi connectivity index (χ1v) is 1.67. The van der Waals surface area contributed by atoms with Crippen molar-refractivity contribution in [3.63, 3.8) is 0 Å². The molecule has 0 N–H and O–H groups in total. The molecule has 30 valence electrons. The van der Waals surface area contributed by atoms with Gasteiger partial charge in [0, 0.05) is 0 Å². The zero-order valence-corrected chi connectivity index (χ0v) is 3.46. The topological polar surface area (TPSA) is 26.3 Å². The van der Waals surface area contributed by atoms with Crippen molar-refractivity contribution in [2.75, 3.05) is 0 Å². The van der Waals surface area contributed by atoms with Crippen LogP contribution in [-0.2, 0) is 0 Å². The van der Waals surface area contributed by atoms with E-state index in [0.29, 0.717) is 0 Å². The van der Waals surface area contributed by atoms with Crippen molar-refractivity contribution in [1.29, 1.82) is 0 Å². The van der Waals surface area contributed by atoms with Gasteiger partial charge >= 0.3 is 11.9 Å². The molecule has 1 heterocycles. The van der Waals surface area contributed by atoms with E-state index in [1.165, 1.54) is 0 Å². The van der Waals surface area contributed by atoms with Gasteiger partial charge in [-0.1, -0.05) is 0 Å². The Balaban J connectivity index is 0.0000000733. The quantitative estimate of drug-likeness (QED) is 0.360. The monoisotopic (exact) mass is 92.0 g/mol. The van der Waals surface area contributed by atoms with Crippen molar-refractivity contribution in [3.05, 3.63) is 13.2 Å². The van der Waals surface area contributed by atoms with Gasteiger partial charge in [0.2, 0.25) is 0 Å². The summed E-state index contributed by atoms with van der Waals surface area (Å²) in [4.78, 5) is 0. The largest absolute Gasteiger partial charge is 0.335 e. The van der Waals surface area contributed by atoms with Crippen LogP contribution in [0.3, 0.4) is 0 Å². The second-order valence-corrected chi connectivity index (χ2v) is 0.612. The second-order valence-electron chi connectivity index (χ2n) is 0.204. The molecule has 0 aliphatic carbocycles. The van der Waals surface area contributed by atoms with Crippen molar-refractivity contribution >= 4 is 11.9 Å². The summed E-state index contributed by atoms with van der Waals surface area (Å²) in [6, 6.07) is 0. The van der Waals surface area contributed by atoms with Gasteiger partial charge < -0.3 is 0 Å². The molecule has 3 heteroatoms. The van der Waals surface area contributed by atoms with Gasteiger partial charge in [-0.05, 0) is 0 Å². The molecule has 5 heavy (non-hydrogen) atoms. The number of hydrogen-bond donors (Lipinski definition) is 0. The fourth-order valence-corrected chi connectivity index (χ4v) is 0. The molecule has 1 aromatic rings. The molecule has 0 radical (unpaired) electrons. The van der Waals surface area contributed by atoms with Crippen molar-refractivity contribution in [1.82, 2.24) is 0 Å². The molecule has 0 aromatic carbocycles. The molecule has 0 amide bonds. The molecule has 0 atom stereocenters. The van der Waals surface area contributed by atoms with Crippen LogP contribution in [0.4, 0.5) is 0 Å². The van der Waals surface area contributed by atoms with E-state index in [2.05, 4.69) is 21.2 Å². The molecular weight excluding hydrogens is 88.1 g/mol. The van der Waals surface area contributed by atoms with Gasteiger partial charge in [-0.15, -0.1) is 13.2 Å². The van der Waals surface area contributed by atoms with Crippen molar-refractivity contribution in [2.45, 2.75) is 0 Å². The third-order valence-electron chi connectivity index (χ3n) is 0.0680. The molecule has 0 saturated heterocycles. The smallest absolute Gasteiger partial charge is 0.168 e. The Morgan fingerprint density at radius 1 is 1.20 bits per heavy atom. The summed E-state index contributed by atoms with van der Waals surface area (Å²) in [6.07, 6.45) is 0. The van der Waals surface area contributed by atoms with E-state index in [4.69, 9.17) is 0 Å².